The largest absolute Gasteiger partial charge is 0.308 e. The van der Waals surface area contributed by atoms with Crippen LogP contribution < -0.4 is 5.32 Å². The molecule has 0 spiro atoms. The number of H-pyrrole nitrogens is 1. The molecule has 1 aromatic carbocycles. The molecule has 1 heterocycles. The van der Waals surface area contributed by atoms with E-state index < -0.39 is 0 Å². The molecule has 19 heavy (non-hydrogen) atoms. The lowest BCUT2D eigenvalue weighted by Gasteiger charge is -2.01. The molecule has 0 aliphatic heterocycles. The van der Waals surface area contributed by atoms with E-state index in [1.807, 2.05) is 36.4 Å². The summed E-state index contributed by atoms with van der Waals surface area (Å²) in [5.41, 5.74) is 1.05. The Kier molecular flexibility index (Phi) is 5.03. The lowest BCUT2D eigenvalue weighted by atomic mass is 10.2. The number of thioether (sulfide) groups is 1. The number of hydrogen-bond acceptors (Lipinski definition) is 3. The van der Waals surface area contributed by atoms with Crippen molar-refractivity contribution in [2.75, 3.05) is 11.1 Å². The number of aryl methyl sites for hydroxylation is 1. The predicted octanol–water partition coefficient (Wildman–Crippen LogP) is 3.09. The Bertz CT molecular complexity index is 524. The minimum Gasteiger partial charge on any atom is -0.308 e. The van der Waals surface area contributed by atoms with Gasteiger partial charge in [0.25, 0.3) is 0 Å². The first-order valence-electron chi connectivity index (χ1n) is 6.30. The van der Waals surface area contributed by atoms with Crippen LogP contribution in [0.2, 0.25) is 0 Å². The molecule has 5 heteroatoms. The molecule has 0 fully saturated rings. The fourth-order valence-corrected chi connectivity index (χ4v) is 2.39. The molecule has 2 rings (SSSR count). The van der Waals surface area contributed by atoms with Crippen LogP contribution >= 0.6 is 11.8 Å². The summed E-state index contributed by atoms with van der Waals surface area (Å²) >= 11 is 1.51. The number of nitrogens with one attached hydrogen (secondary N) is 2. The van der Waals surface area contributed by atoms with Crippen LogP contribution in [0.3, 0.4) is 0 Å². The van der Waals surface area contributed by atoms with Crippen molar-refractivity contribution >= 4 is 23.5 Å². The van der Waals surface area contributed by atoms with E-state index in [-0.39, 0.29) is 5.91 Å². The zero-order valence-corrected chi connectivity index (χ0v) is 11.7. The van der Waals surface area contributed by atoms with Gasteiger partial charge in [-0.1, -0.05) is 31.5 Å². The van der Waals surface area contributed by atoms with E-state index >= 15 is 0 Å². The summed E-state index contributed by atoms with van der Waals surface area (Å²) in [7, 11) is 0. The molecule has 100 valence electrons. The summed E-state index contributed by atoms with van der Waals surface area (Å²) in [5, 5.41) is 9.77. The van der Waals surface area contributed by atoms with Crippen LogP contribution in [0.5, 0.6) is 0 Å². The second-order valence-electron chi connectivity index (χ2n) is 4.18. The monoisotopic (exact) mass is 275 g/mol. The Morgan fingerprint density at radius 3 is 2.89 bits per heavy atom. The van der Waals surface area contributed by atoms with Gasteiger partial charge in [0.15, 0.2) is 5.82 Å². The van der Waals surface area contributed by atoms with Gasteiger partial charge in [-0.2, -0.15) is 5.10 Å². The maximum Gasteiger partial charge on any atom is 0.235 e. The number of benzene rings is 1. The van der Waals surface area contributed by atoms with Crippen molar-refractivity contribution in [2.24, 2.45) is 0 Å². The van der Waals surface area contributed by atoms with Gasteiger partial charge in [0.05, 0.1) is 5.75 Å². The summed E-state index contributed by atoms with van der Waals surface area (Å²) in [4.78, 5) is 12.9. The number of anilines is 1. The standard InChI is InChI=1S/C14H17N3OS/c1-2-6-11-9-13(17-16-11)15-14(18)10-19-12-7-4-3-5-8-12/h3-5,7-9H,2,6,10H2,1H3,(H2,15,16,17,18). The van der Waals surface area contributed by atoms with Gasteiger partial charge in [-0.05, 0) is 18.6 Å². The minimum atomic E-state index is -0.0385. The Morgan fingerprint density at radius 1 is 1.37 bits per heavy atom. The summed E-state index contributed by atoms with van der Waals surface area (Å²) in [5.74, 6) is 0.950. The van der Waals surface area contributed by atoms with Crippen molar-refractivity contribution in [3.63, 3.8) is 0 Å². The molecule has 0 bridgehead atoms. The first-order chi connectivity index (χ1) is 9.28. The summed E-state index contributed by atoms with van der Waals surface area (Å²) in [6.45, 7) is 2.11. The molecular formula is C14H17N3OS. The maximum absolute atomic E-state index is 11.8. The lowest BCUT2D eigenvalue weighted by molar-refractivity contribution is -0.113. The fourth-order valence-electron chi connectivity index (χ4n) is 1.67. The zero-order chi connectivity index (χ0) is 13.5. The molecule has 0 saturated heterocycles. The highest BCUT2D eigenvalue weighted by molar-refractivity contribution is 8.00. The van der Waals surface area contributed by atoms with Gasteiger partial charge in [0.2, 0.25) is 5.91 Å². The number of rotatable bonds is 6. The van der Waals surface area contributed by atoms with Gasteiger partial charge < -0.3 is 5.32 Å². The number of aromatic amines is 1. The topological polar surface area (TPSA) is 57.8 Å². The molecular weight excluding hydrogens is 258 g/mol. The van der Waals surface area contributed by atoms with Crippen LogP contribution in [0.1, 0.15) is 19.0 Å². The predicted molar refractivity (Wildman–Crippen MR) is 78.4 cm³/mol. The summed E-state index contributed by atoms with van der Waals surface area (Å²) in [6, 6.07) is 11.8. The van der Waals surface area contributed by atoms with Crippen molar-refractivity contribution in [2.45, 2.75) is 24.7 Å². The van der Waals surface area contributed by atoms with Crippen molar-refractivity contribution < 1.29 is 4.79 Å². The Hall–Kier alpha value is -1.75. The molecule has 0 unspecified atom stereocenters. The average Bonchev–Trinajstić information content (AvgIpc) is 2.85. The van der Waals surface area contributed by atoms with Crippen LogP contribution in [0.4, 0.5) is 5.82 Å². The minimum absolute atomic E-state index is 0.0385. The van der Waals surface area contributed by atoms with Gasteiger partial charge in [-0.25, -0.2) is 0 Å². The lowest BCUT2D eigenvalue weighted by Crippen LogP contribution is -2.14. The van der Waals surface area contributed by atoms with E-state index in [4.69, 9.17) is 0 Å². The van der Waals surface area contributed by atoms with Crippen molar-refractivity contribution in [3.8, 4) is 0 Å². The molecule has 0 radical (unpaired) electrons. The van der Waals surface area contributed by atoms with Gasteiger partial charge in [0, 0.05) is 16.7 Å². The van der Waals surface area contributed by atoms with Gasteiger partial charge in [-0.3, -0.25) is 9.89 Å². The number of carbonyl (C=O) groups excluding carboxylic acids is 1. The van der Waals surface area contributed by atoms with Gasteiger partial charge in [0.1, 0.15) is 0 Å². The number of amides is 1. The third-order valence-corrected chi connectivity index (χ3v) is 3.54. The Morgan fingerprint density at radius 2 is 2.16 bits per heavy atom. The third-order valence-electron chi connectivity index (χ3n) is 2.53. The molecule has 2 N–H and O–H groups in total. The van der Waals surface area contributed by atoms with Crippen molar-refractivity contribution in [3.05, 3.63) is 42.1 Å². The second kappa shape index (κ2) is 6.99. The first kappa shape index (κ1) is 13.7. The SMILES string of the molecule is CCCc1cc(NC(=O)CSc2ccccc2)n[nH]1. The number of aromatic nitrogens is 2. The van der Waals surface area contributed by atoms with E-state index in [1.54, 1.807) is 0 Å². The molecule has 1 amide bonds. The average molecular weight is 275 g/mol. The highest BCUT2D eigenvalue weighted by Gasteiger charge is 2.06. The highest BCUT2D eigenvalue weighted by Crippen LogP contribution is 2.17. The maximum atomic E-state index is 11.8. The molecule has 0 saturated carbocycles. The van der Waals surface area contributed by atoms with Crippen LogP contribution in [0.15, 0.2) is 41.3 Å². The summed E-state index contributed by atoms with van der Waals surface area (Å²) in [6.07, 6.45) is 2.00. The van der Waals surface area contributed by atoms with E-state index in [2.05, 4.69) is 22.4 Å². The molecule has 0 aliphatic rings. The Labute approximate surface area is 117 Å². The fraction of sp³-hybridized carbons (Fsp3) is 0.286. The molecule has 0 atom stereocenters. The smallest absolute Gasteiger partial charge is 0.235 e. The van der Waals surface area contributed by atoms with Gasteiger partial charge in [-0.15, -0.1) is 11.8 Å². The normalized spacial score (nSPS) is 10.4. The van der Waals surface area contributed by atoms with Crippen LogP contribution in [0, 0.1) is 0 Å². The van der Waals surface area contributed by atoms with Crippen molar-refractivity contribution in [1.82, 2.24) is 10.2 Å². The van der Waals surface area contributed by atoms with E-state index in [9.17, 15) is 4.79 Å². The highest BCUT2D eigenvalue weighted by atomic mass is 32.2. The molecule has 1 aromatic heterocycles. The summed E-state index contributed by atoms with van der Waals surface area (Å²) < 4.78 is 0. The molecule has 4 nitrogen and oxygen atoms in total. The second-order valence-corrected chi connectivity index (χ2v) is 5.23. The molecule has 0 aliphatic carbocycles. The Balaban J connectivity index is 1.80. The van der Waals surface area contributed by atoms with Crippen LogP contribution in [-0.4, -0.2) is 21.9 Å². The zero-order valence-electron chi connectivity index (χ0n) is 10.8. The number of carbonyl (C=O) groups is 1. The van der Waals surface area contributed by atoms with Crippen LogP contribution in [-0.2, 0) is 11.2 Å². The van der Waals surface area contributed by atoms with E-state index in [1.165, 1.54) is 11.8 Å². The number of nitrogens with zero attached hydrogens (tertiary/aromatic N) is 1. The number of hydrogen-bond donors (Lipinski definition) is 2. The van der Waals surface area contributed by atoms with Crippen LogP contribution in [0.25, 0.3) is 0 Å². The molecule has 2 aromatic rings. The van der Waals surface area contributed by atoms with E-state index in [0.29, 0.717) is 11.6 Å². The van der Waals surface area contributed by atoms with Gasteiger partial charge >= 0.3 is 0 Å². The third kappa shape index (κ3) is 4.44. The van der Waals surface area contributed by atoms with Crippen molar-refractivity contribution in [1.29, 1.82) is 0 Å². The van der Waals surface area contributed by atoms with E-state index in [0.717, 1.165) is 23.4 Å². The first-order valence-corrected chi connectivity index (χ1v) is 7.28. The quantitative estimate of drug-likeness (QED) is 0.796.